The van der Waals surface area contributed by atoms with E-state index in [1.54, 1.807) is 6.08 Å². The fourth-order valence-electron chi connectivity index (χ4n) is 3.04. The number of hydrogen-bond donors (Lipinski definition) is 3. The third kappa shape index (κ3) is 4.34. The Hall–Kier alpha value is -1.81. The van der Waals surface area contributed by atoms with E-state index in [1.807, 2.05) is 37.3 Å². The third-order valence-corrected chi connectivity index (χ3v) is 4.36. The molecule has 1 saturated carbocycles. The fourth-order valence-corrected chi connectivity index (χ4v) is 3.04. The van der Waals surface area contributed by atoms with Crippen molar-refractivity contribution in [3.05, 3.63) is 48.6 Å². The number of carbonyl (C=O) groups excluding carboxylic acids is 1. The zero-order valence-corrected chi connectivity index (χ0v) is 13.2. The van der Waals surface area contributed by atoms with Gasteiger partial charge in [0.15, 0.2) is 0 Å². The highest BCUT2D eigenvalue weighted by atomic mass is 16.3. The first kappa shape index (κ1) is 16.6. The molecule has 0 radical (unpaired) electrons. The van der Waals surface area contributed by atoms with E-state index in [9.17, 15) is 9.90 Å². The lowest BCUT2D eigenvalue weighted by Crippen LogP contribution is -2.48. The predicted octanol–water partition coefficient (Wildman–Crippen LogP) is 3.08. The monoisotopic (exact) mass is 302 g/mol. The van der Waals surface area contributed by atoms with Crippen molar-refractivity contribution in [1.82, 2.24) is 10.6 Å². The summed E-state index contributed by atoms with van der Waals surface area (Å²) in [5.41, 5.74) is 0.212. The summed E-state index contributed by atoms with van der Waals surface area (Å²) in [6.07, 6.45) is 5.47. The Morgan fingerprint density at radius 3 is 2.64 bits per heavy atom. The lowest BCUT2D eigenvalue weighted by Gasteiger charge is -2.36. The molecule has 1 aromatic carbocycles. The molecular formula is C18H26N2O2. The molecule has 120 valence electrons. The third-order valence-electron chi connectivity index (χ3n) is 4.36. The van der Waals surface area contributed by atoms with Crippen molar-refractivity contribution >= 4 is 6.03 Å². The van der Waals surface area contributed by atoms with Crippen molar-refractivity contribution in [3.8, 4) is 0 Å². The first-order chi connectivity index (χ1) is 10.5. The van der Waals surface area contributed by atoms with E-state index < -0.39 is 5.60 Å². The van der Waals surface area contributed by atoms with Crippen molar-refractivity contribution in [2.24, 2.45) is 0 Å². The topological polar surface area (TPSA) is 61.4 Å². The Labute approximate surface area is 132 Å². The minimum Gasteiger partial charge on any atom is -0.385 e. The van der Waals surface area contributed by atoms with Gasteiger partial charge in [0, 0.05) is 12.1 Å². The van der Waals surface area contributed by atoms with Gasteiger partial charge in [0.2, 0.25) is 0 Å². The maximum Gasteiger partial charge on any atom is 0.315 e. The predicted molar refractivity (Wildman–Crippen MR) is 88.5 cm³/mol. The van der Waals surface area contributed by atoms with Crippen LogP contribution in [0.4, 0.5) is 4.79 Å². The minimum atomic E-state index is -0.758. The first-order valence-corrected chi connectivity index (χ1v) is 7.99. The zero-order chi connectivity index (χ0) is 16.0. The van der Waals surface area contributed by atoms with Gasteiger partial charge in [-0.15, -0.1) is 6.58 Å². The van der Waals surface area contributed by atoms with Gasteiger partial charge in [-0.2, -0.15) is 0 Å². The summed E-state index contributed by atoms with van der Waals surface area (Å²) in [4.78, 5) is 11.9. The lowest BCUT2D eigenvalue weighted by molar-refractivity contribution is -0.00734. The molecule has 1 aliphatic rings. The van der Waals surface area contributed by atoms with Crippen LogP contribution in [0.25, 0.3) is 0 Å². The summed E-state index contributed by atoms with van der Waals surface area (Å²) < 4.78 is 0. The summed E-state index contributed by atoms with van der Waals surface area (Å²) in [6.45, 7) is 5.62. The van der Waals surface area contributed by atoms with Crippen LogP contribution in [-0.2, 0) is 5.60 Å². The Kier molecular flexibility index (Phi) is 5.61. The molecule has 0 bridgehead atoms. The van der Waals surface area contributed by atoms with Crippen LogP contribution >= 0.6 is 0 Å². The van der Waals surface area contributed by atoms with Crippen LogP contribution in [0, 0.1) is 0 Å². The van der Waals surface area contributed by atoms with Gasteiger partial charge in [-0.25, -0.2) is 4.79 Å². The van der Waals surface area contributed by atoms with Crippen molar-refractivity contribution < 1.29 is 9.90 Å². The van der Waals surface area contributed by atoms with Crippen LogP contribution < -0.4 is 10.6 Å². The SMILES string of the molecule is C=CC[C@H](C)NC(=O)NC1CCC(O)(c2ccccc2)CC1. The largest absolute Gasteiger partial charge is 0.385 e. The summed E-state index contributed by atoms with van der Waals surface area (Å²) in [5, 5.41) is 16.7. The molecule has 1 aliphatic carbocycles. The number of aliphatic hydroxyl groups is 1. The molecule has 1 atom stereocenters. The van der Waals surface area contributed by atoms with E-state index in [4.69, 9.17) is 0 Å². The van der Waals surface area contributed by atoms with Crippen molar-refractivity contribution in [2.45, 2.75) is 56.7 Å². The molecule has 0 aliphatic heterocycles. The summed E-state index contributed by atoms with van der Waals surface area (Å²) in [5.74, 6) is 0. The second-order valence-corrected chi connectivity index (χ2v) is 6.22. The van der Waals surface area contributed by atoms with E-state index >= 15 is 0 Å². The highest BCUT2D eigenvalue weighted by Crippen LogP contribution is 2.36. The molecule has 4 nitrogen and oxygen atoms in total. The van der Waals surface area contributed by atoms with Gasteiger partial charge in [0.05, 0.1) is 5.60 Å². The van der Waals surface area contributed by atoms with E-state index in [2.05, 4.69) is 17.2 Å². The van der Waals surface area contributed by atoms with Crippen LogP contribution in [0.3, 0.4) is 0 Å². The maximum absolute atomic E-state index is 11.9. The molecule has 0 aromatic heterocycles. The molecule has 1 aromatic rings. The molecule has 3 N–H and O–H groups in total. The smallest absolute Gasteiger partial charge is 0.315 e. The molecule has 4 heteroatoms. The van der Waals surface area contributed by atoms with E-state index in [-0.39, 0.29) is 18.1 Å². The molecule has 0 heterocycles. The van der Waals surface area contributed by atoms with E-state index in [0.717, 1.165) is 24.8 Å². The Balaban J connectivity index is 1.82. The summed E-state index contributed by atoms with van der Waals surface area (Å²) >= 11 is 0. The fraction of sp³-hybridized carbons (Fsp3) is 0.500. The second kappa shape index (κ2) is 7.45. The molecule has 0 spiro atoms. The highest BCUT2D eigenvalue weighted by molar-refractivity contribution is 5.74. The summed E-state index contributed by atoms with van der Waals surface area (Å²) in [6, 6.07) is 9.87. The van der Waals surface area contributed by atoms with Gasteiger partial charge in [-0.3, -0.25) is 0 Å². The summed E-state index contributed by atoms with van der Waals surface area (Å²) in [7, 11) is 0. The van der Waals surface area contributed by atoms with Crippen molar-refractivity contribution in [1.29, 1.82) is 0 Å². The molecule has 2 rings (SSSR count). The number of amides is 2. The standard InChI is InChI=1S/C18H26N2O2/c1-3-7-14(2)19-17(21)20-16-10-12-18(22,13-11-16)15-8-5-4-6-9-15/h3-6,8-9,14,16,22H,1,7,10-13H2,2H3,(H2,19,20,21)/t14-,16?,18?/m0/s1. The number of hydrogen-bond acceptors (Lipinski definition) is 2. The van der Waals surface area contributed by atoms with E-state index in [1.165, 1.54) is 0 Å². The number of carbonyl (C=O) groups is 1. The van der Waals surface area contributed by atoms with Crippen molar-refractivity contribution in [3.63, 3.8) is 0 Å². The molecule has 0 saturated heterocycles. The number of urea groups is 1. The van der Waals surface area contributed by atoms with Gasteiger partial charge in [-0.1, -0.05) is 36.4 Å². The lowest BCUT2D eigenvalue weighted by atomic mass is 9.78. The average molecular weight is 302 g/mol. The van der Waals surface area contributed by atoms with Gasteiger partial charge in [-0.05, 0) is 44.6 Å². The number of nitrogens with one attached hydrogen (secondary N) is 2. The normalized spacial score (nSPS) is 26.0. The van der Waals surface area contributed by atoms with Gasteiger partial charge in [0.25, 0.3) is 0 Å². The number of benzene rings is 1. The van der Waals surface area contributed by atoms with Gasteiger partial charge in [0.1, 0.15) is 0 Å². The minimum absolute atomic E-state index is 0.0855. The van der Waals surface area contributed by atoms with Crippen LogP contribution in [0.15, 0.2) is 43.0 Å². The Morgan fingerprint density at radius 2 is 2.05 bits per heavy atom. The maximum atomic E-state index is 11.9. The van der Waals surface area contributed by atoms with Crippen molar-refractivity contribution in [2.75, 3.05) is 0 Å². The Bertz CT molecular complexity index is 493. The van der Waals surface area contributed by atoms with Crippen LogP contribution in [-0.4, -0.2) is 23.2 Å². The first-order valence-electron chi connectivity index (χ1n) is 7.99. The highest BCUT2D eigenvalue weighted by Gasteiger charge is 2.35. The van der Waals surface area contributed by atoms with Crippen LogP contribution in [0.5, 0.6) is 0 Å². The Morgan fingerprint density at radius 1 is 1.41 bits per heavy atom. The van der Waals surface area contributed by atoms with Gasteiger partial charge >= 0.3 is 6.03 Å². The second-order valence-electron chi connectivity index (χ2n) is 6.22. The molecular weight excluding hydrogens is 276 g/mol. The molecule has 1 fully saturated rings. The zero-order valence-electron chi connectivity index (χ0n) is 13.2. The number of rotatable bonds is 5. The molecule has 22 heavy (non-hydrogen) atoms. The molecule has 2 amide bonds. The van der Waals surface area contributed by atoms with Crippen LogP contribution in [0.1, 0.15) is 44.6 Å². The van der Waals surface area contributed by atoms with E-state index in [0.29, 0.717) is 12.8 Å². The quantitative estimate of drug-likeness (QED) is 0.732. The molecule has 0 unspecified atom stereocenters. The van der Waals surface area contributed by atoms with Crippen LogP contribution in [0.2, 0.25) is 0 Å². The van der Waals surface area contributed by atoms with Gasteiger partial charge < -0.3 is 15.7 Å². The average Bonchev–Trinajstić information content (AvgIpc) is 2.51.